The lowest BCUT2D eigenvalue weighted by atomic mass is 10.0. The van der Waals surface area contributed by atoms with Gasteiger partial charge in [0.2, 0.25) is 0 Å². The molecule has 0 amide bonds. The Bertz CT molecular complexity index is 461. The van der Waals surface area contributed by atoms with Crippen LogP contribution in [0.4, 0.5) is 10.1 Å². The lowest BCUT2D eigenvalue weighted by molar-refractivity contribution is 0.371. The highest BCUT2D eigenvalue weighted by Crippen LogP contribution is 2.32. The maximum absolute atomic E-state index is 13.7. The van der Waals surface area contributed by atoms with Crippen molar-refractivity contribution in [2.75, 3.05) is 38.6 Å². The van der Waals surface area contributed by atoms with Gasteiger partial charge in [-0.15, -0.1) is 0 Å². The monoisotopic (exact) mass is 293 g/mol. The van der Waals surface area contributed by atoms with E-state index in [0.29, 0.717) is 6.04 Å². The average molecular weight is 293 g/mol. The van der Waals surface area contributed by atoms with Crippen molar-refractivity contribution in [1.82, 2.24) is 10.2 Å². The van der Waals surface area contributed by atoms with Gasteiger partial charge in [-0.3, -0.25) is 0 Å². The molecule has 0 aromatic heterocycles. The van der Waals surface area contributed by atoms with E-state index in [0.717, 1.165) is 25.2 Å². The van der Waals surface area contributed by atoms with Gasteiger partial charge in [0, 0.05) is 30.9 Å². The summed E-state index contributed by atoms with van der Waals surface area (Å²) >= 11 is 0. The lowest BCUT2D eigenvalue weighted by Crippen LogP contribution is -2.38. The van der Waals surface area contributed by atoms with Gasteiger partial charge >= 0.3 is 0 Å². The van der Waals surface area contributed by atoms with Crippen LogP contribution >= 0.6 is 0 Å². The fourth-order valence-electron chi connectivity index (χ4n) is 3.31. The van der Waals surface area contributed by atoms with Gasteiger partial charge < -0.3 is 15.1 Å². The summed E-state index contributed by atoms with van der Waals surface area (Å²) in [7, 11) is 4.23. The Morgan fingerprint density at radius 3 is 2.86 bits per heavy atom. The average Bonchev–Trinajstić information content (AvgIpc) is 2.86. The van der Waals surface area contributed by atoms with E-state index in [1.54, 1.807) is 12.1 Å². The molecule has 2 rings (SSSR count). The number of rotatable bonds is 6. The molecule has 1 aromatic rings. The fourth-order valence-corrected chi connectivity index (χ4v) is 3.31. The Balaban J connectivity index is 2.29. The third kappa shape index (κ3) is 3.95. The molecule has 1 saturated heterocycles. The summed E-state index contributed by atoms with van der Waals surface area (Å²) in [5, 5.41) is 3.40. The minimum Gasteiger partial charge on any atom is -0.367 e. The SMILES string of the molecule is CCNC(C)c1cc(F)ccc1N1CCCC1CN(C)C. The molecule has 21 heavy (non-hydrogen) atoms. The van der Waals surface area contributed by atoms with Gasteiger partial charge in [-0.25, -0.2) is 4.39 Å². The van der Waals surface area contributed by atoms with Crippen LogP contribution in [0.2, 0.25) is 0 Å². The number of anilines is 1. The number of nitrogens with one attached hydrogen (secondary N) is 1. The molecule has 1 heterocycles. The standard InChI is InChI=1S/C17H28FN3/c1-5-19-13(2)16-11-14(18)8-9-17(16)21-10-6-7-15(21)12-20(3)4/h8-9,11,13,15,19H,5-7,10,12H2,1-4H3. The van der Waals surface area contributed by atoms with Crippen LogP contribution in [0.25, 0.3) is 0 Å². The first-order valence-corrected chi connectivity index (χ1v) is 7.97. The smallest absolute Gasteiger partial charge is 0.123 e. The minimum absolute atomic E-state index is 0.151. The van der Waals surface area contributed by atoms with Crippen molar-refractivity contribution < 1.29 is 4.39 Å². The summed E-state index contributed by atoms with van der Waals surface area (Å²) in [6, 6.07) is 5.92. The van der Waals surface area contributed by atoms with Crippen molar-refractivity contribution in [2.45, 2.75) is 38.8 Å². The second kappa shape index (κ2) is 7.23. The maximum Gasteiger partial charge on any atom is 0.123 e. The molecular formula is C17H28FN3. The van der Waals surface area contributed by atoms with Gasteiger partial charge in [0.1, 0.15) is 5.82 Å². The molecule has 0 spiro atoms. The summed E-state index contributed by atoms with van der Waals surface area (Å²) in [6.45, 7) is 7.19. The van der Waals surface area contributed by atoms with Crippen molar-refractivity contribution in [2.24, 2.45) is 0 Å². The Labute approximate surface area is 128 Å². The fraction of sp³-hybridized carbons (Fsp3) is 0.647. The van der Waals surface area contributed by atoms with Gasteiger partial charge in [0.05, 0.1) is 0 Å². The van der Waals surface area contributed by atoms with E-state index in [9.17, 15) is 4.39 Å². The molecule has 1 aliphatic heterocycles. The number of hydrogen-bond acceptors (Lipinski definition) is 3. The van der Waals surface area contributed by atoms with Crippen LogP contribution in [0.3, 0.4) is 0 Å². The highest BCUT2D eigenvalue weighted by atomic mass is 19.1. The van der Waals surface area contributed by atoms with Crippen molar-refractivity contribution in [3.8, 4) is 0 Å². The summed E-state index contributed by atoms with van der Waals surface area (Å²) in [5.41, 5.74) is 2.26. The third-order valence-corrected chi connectivity index (χ3v) is 4.23. The summed E-state index contributed by atoms with van der Waals surface area (Å²) in [4.78, 5) is 4.70. The first-order chi connectivity index (χ1) is 10.0. The topological polar surface area (TPSA) is 18.5 Å². The molecule has 0 saturated carbocycles. The van der Waals surface area contributed by atoms with Crippen LogP contribution in [-0.4, -0.2) is 44.7 Å². The molecule has 2 atom stereocenters. The molecular weight excluding hydrogens is 265 g/mol. The van der Waals surface area contributed by atoms with Crippen LogP contribution in [0.5, 0.6) is 0 Å². The quantitative estimate of drug-likeness (QED) is 0.870. The van der Waals surface area contributed by atoms with Gasteiger partial charge in [-0.1, -0.05) is 6.92 Å². The van der Waals surface area contributed by atoms with E-state index in [1.807, 2.05) is 6.07 Å². The number of halogens is 1. The van der Waals surface area contributed by atoms with Crippen molar-refractivity contribution >= 4 is 5.69 Å². The number of hydrogen-bond donors (Lipinski definition) is 1. The zero-order valence-electron chi connectivity index (χ0n) is 13.7. The molecule has 1 fully saturated rings. The largest absolute Gasteiger partial charge is 0.367 e. The van der Waals surface area contributed by atoms with Crippen LogP contribution < -0.4 is 10.2 Å². The van der Waals surface area contributed by atoms with Crippen LogP contribution in [0.15, 0.2) is 18.2 Å². The molecule has 0 aliphatic carbocycles. The van der Waals surface area contributed by atoms with E-state index in [1.165, 1.54) is 18.5 Å². The zero-order chi connectivity index (χ0) is 15.4. The Morgan fingerprint density at radius 2 is 2.19 bits per heavy atom. The van der Waals surface area contributed by atoms with Gasteiger partial charge in [0.25, 0.3) is 0 Å². The molecule has 1 aromatic carbocycles. The first-order valence-electron chi connectivity index (χ1n) is 7.97. The summed E-state index contributed by atoms with van der Waals surface area (Å²) in [5.74, 6) is -0.151. The molecule has 1 N–H and O–H groups in total. The molecule has 0 radical (unpaired) electrons. The third-order valence-electron chi connectivity index (χ3n) is 4.23. The maximum atomic E-state index is 13.7. The van der Waals surface area contributed by atoms with Crippen LogP contribution in [0.1, 0.15) is 38.3 Å². The zero-order valence-corrected chi connectivity index (χ0v) is 13.7. The first kappa shape index (κ1) is 16.2. The van der Waals surface area contributed by atoms with Gasteiger partial charge in [-0.2, -0.15) is 0 Å². The normalized spacial score (nSPS) is 20.3. The molecule has 4 heteroatoms. The number of likely N-dealkylation sites (N-methyl/N-ethyl adjacent to an activating group) is 1. The summed E-state index contributed by atoms with van der Waals surface area (Å²) < 4.78 is 13.7. The number of nitrogens with zero attached hydrogens (tertiary/aromatic N) is 2. The number of benzene rings is 1. The van der Waals surface area contributed by atoms with E-state index >= 15 is 0 Å². The predicted molar refractivity (Wildman–Crippen MR) is 87.4 cm³/mol. The molecule has 3 nitrogen and oxygen atoms in total. The van der Waals surface area contributed by atoms with Crippen molar-refractivity contribution in [1.29, 1.82) is 0 Å². The highest BCUT2D eigenvalue weighted by molar-refractivity contribution is 5.56. The second-order valence-corrected chi connectivity index (χ2v) is 6.23. The van der Waals surface area contributed by atoms with E-state index in [2.05, 4.69) is 43.1 Å². The molecule has 2 unspecified atom stereocenters. The van der Waals surface area contributed by atoms with Gasteiger partial charge in [0.15, 0.2) is 0 Å². The Morgan fingerprint density at radius 1 is 1.43 bits per heavy atom. The Hall–Kier alpha value is -1.13. The van der Waals surface area contributed by atoms with E-state index in [4.69, 9.17) is 0 Å². The molecule has 0 bridgehead atoms. The van der Waals surface area contributed by atoms with Crippen LogP contribution in [-0.2, 0) is 0 Å². The van der Waals surface area contributed by atoms with Crippen molar-refractivity contribution in [3.05, 3.63) is 29.6 Å². The van der Waals surface area contributed by atoms with Gasteiger partial charge in [-0.05, 0) is 64.2 Å². The minimum atomic E-state index is -0.151. The van der Waals surface area contributed by atoms with E-state index < -0.39 is 0 Å². The van der Waals surface area contributed by atoms with E-state index in [-0.39, 0.29) is 11.9 Å². The predicted octanol–water partition coefficient (Wildman–Crippen LogP) is 3.03. The van der Waals surface area contributed by atoms with Crippen LogP contribution in [0, 0.1) is 5.82 Å². The molecule has 1 aliphatic rings. The second-order valence-electron chi connectivity index (χ2n) is 6.23. The van der Waals surface area contributed by atoms with Crippen molar-refractivity contribution in [3.63, 3.8) is 0 Å². The molecule has 118 valence electrons. The Kier molecular flexibility index (Phi) is 5.59. The highest BCUT2D eigenvalue weighted by Gasteiger charge is 2.27. The lowest BCUT2D eigenvalue weighted by Gasteiger charge is -2.32. The summed E-state index contributed by atoms with van der Waals surface area (Å²) in [6.07, 6.45) is 2.43.